The first-order valence-corrected chi connectivity index (χ1v) is 7.22. The molecule has 104 valence electrons. The maximum absolute atomic E-state index is 12.2. The van der Waals surface area contributed by atoms with E-state index in [0.29, 0.717) is 6.54 Å². The SMILES string of the molecule is CS(=O)(=O)CCNCCn1cc(C(F)(F)F)cn1. The number of nitrogens with zero attached hydrogens (tertiary/aromatic N) is 2. The second kappa shape index (κ2) is 5.70. The van der Waals surface area contributed by atoms with Crippen LogP contribution in [0.5, 0.6) is 0 Å². The van der Waals surface area contributed by atoms with Crippen molar-refractivity contribution in [2.45, 2.75) is 12.7 Å². The van der Waals surface area contributed by atoms with E-state index >= 15 is 0 Å². The van der Waals surface area contributed by atoms with E-state index in [-0.39, 0.29) is 18.8 Å². The van der Waals surface area contributed by atoms with Gasteiger partial charge in [-0.25, -0.2) is 8.42 Å². The van der Waals surface area contributed by atoms with Crippen LogP contribution in [0.15, 0.2) is 12.4 Å². The molecule has 0 saturated heterocycles. The standard InChI is InChI=1S/C9H14F3N3O2S/c1-18(16,17)5-3-13-2-4-15-7-8(6-14-15)9(10,11)12/h6-7,13H,2-5H2,1H3. The fourth-order valence-electron chi connectivity index (χ4n) is 1.21. The van der Waals surface area contributed by atoms with Crippen molar-refractivity contribution in [2.24, 2.45) is 0 Å². The minimum atomic E-state index is -4.39. The molecule has 0 amide bonds. The second-order valence-corrected chi connectivity index (χ2v) is 6.13. The van der Waals surface area contributed by atoms with Crippen LogP contribution in [-0.2, 0) is 22.6 Å². The highest BCUT2D eigenvalue weighted by Gasteiger charge is 2.31. The quantitative estimate of drug-likeness (QED) is 0.775. The second-order valence-electron chi connectivity index (χ2n) is 3.87. The molecule has 1 aromatic rings. The van der Waals surface area contributed by atoms with Crippen LogP contribution >= 0.6 is 0 Å². The Labute approximate surface area is 103 Å². The van der Waals surface area contributed by atoms with Crippen LogP contribution < -0.4 is 5.32 Å². The number of sulfone groups is 1. The Kier molecular flexibility index (Phi) is 4.74. The zero-order chi connectivity index (χ0) is 13.8. The van der Waals surface area contributed by atoms with Gasteiger partial charge < -0.3 is 5.32 Å². The molecule has 18 heavy (non-hydrogen) atoms. The molecule has 0 unspecified atom stereocenters. The summed E-state index contributed by atoms with van der Waals surface area (Å²) in [6.45, 7) is 0.876. The van der Waals surface area contributed by atoms with Gasteiger partial charge in [0.25, 0.3) is 0 Å². The Morgan fingerprint density at radius 1 is 1.39 bits per heavy atom. The zero-order valence-electron chi connectivity index (χ0n) is 9.74. The van der Waals surface area contributed by atoms with E-state index in [1.807, 2.05) is 0 Å². The zero-order valence-corrected chi connectivity index (χ0v) is 10.6. The number of alkyl halides is 3. The molecule has 1 aromatic heterocycles. The molecule has 0 aliphatic rings. The highest BCUT2D eigenvalue weighted by Crippen LogP contribution is 2.28. The van der Waals surface area contributed by atoms with Crippen LogP contribution in [-0.4, -0.2) is 43.3 Å². The highest BCUT2D eigenvalue weighted by molar-refractivity contribution is 7.90. The Balaban J connectivity index is 2.30. The van der Waals surface area contributed by atoms with E-state index in [1.165, 1.54) is 0 Å². The van der Waals surface area contributed by atoms with Gasteiger partial charge >= 0.3 is 6.18 Å². The molecule has 0 aliphatic heterocycles. The molecule has 1 N–H and O–H groups in total. The molecule has 5 nitrogen and oxygen atoms in total. The Morgan fingerprint density at radius 2 is 2.06 bits per heavy atom. The van der Waals surface area contributed by atoms with Crippen molar-refractivity contribution in [3.63, 3.8) is 0 Å². The van der Waals surface area contributed by atoms with Gasteiger partial charge in [0.2, 0.25) is 0 Å². The average Bonchev–Trinajstić information content (AvgIpc) is 2.63. The lowest BCUT2D eigenvalue weighted by molar-refractivity contribution is -0.137. The van der Waals surface area contributed by atoms with Crippen molar-refractivity contribution in [3.05, 3.63) is 18.0 Å². The predicted molar refractivity (Wildman–Crippen MR) is 59.8 cm³/mol. The first-order valence-electron chi connectivity index (χ1n) is 5.16. The first kappa shape index (κ1) is 15.0. The molecule has 1 rings (SSSR count). The number of hydrogen-bond donors (Lipinski definition) is 1. The third kappa shape index (κ3) is 5.50. The minimum absolute atomic E-state index is 0.0000910. The molecule has 0 atom stereocenters. The van der Waals surface area contributed by atoms with E-state index < -0.39 is 21.6 Å². The maximum Gasteiger partial charge on any atom is 0.419 e. The van der Waals surface area contributed by atoms with Crippen molar-refractivity contribution in [2.75, 3.05) is 25.1 Å². The average molecular weight is 285 g/mol. The Morgan fingerprint density at radius 3 is 2.56 bits per heavy atom. The molecule has 0 aromatic carbocycles. The van der Waals surface area contributed by atoms with Crippen molar-refractivity contribution >= 4 is 9.84 Å². The molecule has 0 fully saturated rings. The van der Waals surface area contributed by atoms with Crippen LogP contribution in [0, 0.1) is 0 Å². The summed E-state index contributed by atoms with van der Waals surface area (Å²) in [7, 11) is -3.02. The summed E-state index contributed by atoms with van der Waals surface area (Å²) >= 11 is 0. The fraction of sp³-hybridized carbons (Fsp3) is 0.667. The summed E-state index contributed by atoms with van der Waals surface area (Å²) in [4.78, 5) is 0. The van der Waals surface area contributed by atoms with Crippen LogP contribution in [0.25, 0.3) is 0 Å². The molecule has 0 saturated carbocycles. The number of aromatic nitrogens is 2. The monoisotopic (exact) mass is 285 g/mol. The molecule has 0 spiro atoms. The molecule has 0 aliphatic carbocycles. The van der Waals surface area contributed by atoms with E-state index in [1.54, 1.807) is 0 Å². The predicted octanol–water partition coefficient (Wildman–Crippen LogP) is 0.536. The van der Waals surface area contributed by atoms with Gasteiger partial charge in [0.1, 0.15) is 9.84 Å². The summed E-state index contributed by atoms with van der Waals surface area (Å²) in [5.74, 6) is -0.0000910. The lowest BCUT2D eigenvalue weighted by Crippen LogP contribution is -2.26. The molecule has 0 radical (unpaired) electrons. The number of nitrogens with one attached hydrogen (secondary N) is 1. The molecular formula is C9H14F3N3O2S. The topological polar surface area (TPSA) is 64.0 Å². The van der Waals surface area contributed by atoms with Gasteiger partial charge in [0.05, 0.1) is 24.1 Å². The molecule has 9 heteroatoms. The van der Waals surface area contributed by atoms with Gasteiger partial charge in [-0.1, -0.05) is 0 Å². The Bertz CT molecular complexity index is 481. The van der Waals surface area contributed by atoms with Gasteiger partial charge in [-0.15, -0.1) is 0 Å². The fourth-order valence-corrected chi connectivity index (χ4v) is 1.72. The maximum atomic E-state index is 12.2. The van der Waals surface area contributed by atoms with Crippen molar-refractivity contribution < 1.29 is 21.6 Å². The van der Waals surface area contributed by atoms with Crippen molar-refractivity contribution in [1.82, 2.24) is 15.1 Å². The molecule has 1 heterocycles. The third-order valence-electron chi connectivity index (χ3n) is 2.13. The summed E-state index contributed by atoms with van der Waals surface area (Å²) in [6.07, 6.45) is -1.59. The van der Waals surface area contributed by atoms with Gasteiger partial charge in [-0.2, -0.15) is 18.3 Å². The summed E-state index contributed by atoms with van der Waals surface area (Å²) in [5.41, 5.74) is -0.793. The summed E-state index contributed by atoms with van der Waals surface area (Å²) in [6, 6.07) is 0. The number of hydrogen-bond acceptors (Lipinski definition) is 4. The summed E-state index contributed by atoms with van der Waals surface area (Å²) in [5, 5.41) is 6.38. The largest absolute Gasteiger partial charge is 0.419 e. The lowest BCUT2D eigenvalue weighted by atomic mass is 10.4. The van der Waals surface area contributed by atoms with Crippen molar-refractivity contribution in [1.29, 1.82) is 0 Å². The minimum Gasteiger partial charge on any atom is -0.314 e. The van der Waals surface area contributed by atoms with Crippen molar-refractivity contribution in [3.8, 4) is 0 Å². The number of halogens is 3. The lowest BCUT2D eigenvalue weighted by Gasteiger charge is -2.04. The highest BCUT2D eigenvalue weighted by atomic mass is 32.2. The molecule has 0 bridgehead atoms. The van der Waals surface area contributed by atoms with Crippen LogP contribution in [0.4, 0.5) is 13.2 Å². The van der Waals surface area contributed by atoms with Crippen LogP contribution in [0.1, 0.15) is 5.56 Å². The van der Waals surface area contributed by atoms with E-state index in [9.17, 15) is 21.6 Å². The van der Waals surface area contributed by atoms with Crippen LogP contribution in [0.2, 0.25) is 0 Å². The van der Waals surface area contributed by atoms with Gasteiger partial charge in [-0.3, -0.25) is 4.68 Å². The van der Waals surface area contributed by atoms with E-state index in [2.05, 4.69) is 10.4 Å². The normalized spacial score (nSPS) is 12.9. The first-order chi connectivity index (χ1) is 8.18. The molecular weight excluding hydrogens is 271 g/mol. The van der Waals surface area contributed by atoms with Gasteiger partial charge in [0.15, 0.2) is 0 Å². The Hall–Kier alpha value is -1.09. The van der Waals surface area contributed by atoms with Gasteiger partial charge in [-0.05, 0) is 0 Å². The number of rotatable bonds is 6. The smallest absolute Gasteiger partial charge is 0.314 e. The van der Waals surface area contributed by atoms with Crippen LogP contribution in [0.3, 0.4) is 0 Å². The van der Waals surface area contributed by atoms with E-state index in [4.69, 9.17) is 0 Å². The summed E-state index contributed by atoms with van der Waals surface area (Å²) < 4.78 is 59.5. The third-order valence-corrected chi connectivity index (χ3v) is 3.07. The van der Waals surface area contributed by atoms with E-state index in [0.717, 1.165) is 23.3 Å². The van der Waals surface area contributed by atoms with Gasteiger partial charge in [0, 0.05) is 25.5 Å².